The second kappa shape index (κ2) is 10.0. The van der Waals surface area contributed by atoms with Gasteiger partial charge in [0, 0.05) is 29.9 Å². The molecule has 1 aromatic heterocycles. The first-order valence-electron chi connectivity index (χ1n) is 9.97. The van der Waals surface area contributed by atoms with Crippen LogP contribution in [0.15, 0.2) is 36.5 Å². The van der Waals surface area contributed by atoms with Gasteiger partial charge in [-0.3, -0.25) is 0 Å². The predicted molar refractivity (Wildman–Crippen MR) is 110 cm³/mol. The zero-order chi connectivity index (χ0) is 20.6. The van der Waals surface area contributed by atoms with Crippen LogP contribution in [0.5, 0.6) is 17.4 Å². The summed E-state index contributed by atoms with van der Waals surface area (Å²) in [4.78, 5) is 16.8. The zero-order valence-electron chi connectivity index (χ0n) is 17.2. The second-order valence-electron chi connectivity index (χ2n) is 7.15. The summed E-state index contributed by atoms with van der Waals surface area (Å²) in [6.45, 7) is 2.25. The van der Waals surface area contributed by atoms with Crippen molar-refractivity contribution < 1.29 is 19.0 Å². The zero-order valence-corrected chi connectivity index (χ0v) is 17.2. The first-order chi connectivity index (χ1) is 14.1. The third kappa shape index (κ3) is 5.53. The highest BCUT2D eigenvalue weighted by Crippen LogP contribution is 2.29. The fourth-order valence-electron chi connectivity index (χ4n) is 3.51. The molecule has 1 saturated carbocycles. The average molecular weight is 399 g/mol. The van der Waals surface area contributed by atoms with Crippen molar-refractivity contribution in [1.82, 2.24) is 15.6 Å². The number of benzene rings is 1. The number of carbonyl (C=O) groups excluding carboxylic acids is 1. The quantitative estimate of drug-likeness (QED) is 0.702. The van der Waals surface area contributed by atoms with Gasteiger partial charge in [-0.05, 0) is 50.8 Å². The van der Waals surface area contributed by atoms with Gasteiger partial charge in [0.25, 0.3) is 0 Å². The summed E-state index contributed by atoms with van der Waals surface area (Å²) < 4.78 is 16.7. The Morgan fingerprint density at radius 1 is 1.21 bits per heavy atom. The van der Waals surface area contributed by atoms with Crippen LogP contribution in [0.2, 0.25) is 0 Å². The van der Waals surface area contributed by atoms with Crippen LogP contribution in [0.4, 0.5) is 4.79 Å². The van der Waals surface area contributed by atoms with Crippen LogP contribution < -0.4 is 24.8 Å². The van der Waals surface area contributed by atoms with E-state index in [-0.39, 0.29) is 18.2 Å². The molecule has 7 heteroatoms. The van der Waals surface area contributed by atoms with E-state index in [1.54, 1.807) is 26.5 Å². The van der Waals surface area contributed by atoms with Crippen LogP contribution in [-0.4, -0.2) is 31.3 Å². The van der Waals surface area contributed by atoms with Gasteiger partial charge in [-0.15, -0.1) is 0 Å². The van der Waals surface area contributed by atoms with Gasteiger partial charge in [-0.1, -0.05) is 6.07 Å². The number of urea groups is 1. The van der Waals surface area contributed by atoms with Gasteiger partial charge in [0.2, 0.25) is 5.88 Å². The Morgan fingerprint density at radius 3 is 2.72 bits per heavy atom. The first kappa shape index (κ1) is 20.8. The maximum atomic E-state index is 12.4. The summed E-state index contributed by atoms with van der Waals surface area (Å²) in [5, 5.41) is 5.83. The molecule has 0 radical (unpaired) electrons. The fourth-order valence-corrected chi connectivity index (χ4v) is 3.51. The van der Waals surface area contributed by atoms with E-state index in [0.29, 0.717) is 23.9 Å². The highest BCUT2D eigenvalue weighted by atomic mass is 16.5. The van der Waals surface area contributed by atoms with E-state index in [9.17, 15) is 4.79 Å². The van der Waals surface area contributed by atoms with Gasteiger partial charge in [0.15, 0.2) is 0 Å². The number of carbonyl (C=O) groups is 1. The molecule has 0 aliphatic heterocycles. The summed E-state index contributed by atoms with van der Waals surface area (Å²) in [6.07, 6.45) is 6.45. The Kier molecular flexibility index (Phi) is 7.16. The molecular weight excluding hydrogens is 370 g/mol. The van der Waals surface area contributed by atoms with Crippen molar-refractivity contribution in [2.75, 3.05) is 14.2 Å². The third-order valence-corrected chi connectivity index (χ3v) is 5.12. The Bertz CT molecular complexity index is 821. The number of nitrogens with zero attached hydrogens (tertiary/aromatic N) is 1. The van der Waals surface area contributed by atoms with Crippen LogP contribution in [-0.2, 0) is 6.54 Å². The average Bonchev–Trinajstić information content (AvgIpc) is 3.25. The molecule has 2 N–H and O–H groups in total. The molecule has 29 heavy (non-hydrogen) atoms. The fraction of sp³-hybridized carbons (Fsp3) is 0.455. The largest absolute Gasteiger partial charge is 0.497 e. The summed E-state index contributed by atoms with van der Waals surface area (Å²) in [7, 11) is 3.20. The van der Waals surface area contributed by atoms with E-state index in [0.717, 1.165) is 24.0 Å². The lowest BCUT2D eigenvalue weighted by atomic mass is 10.1. The standard InChI is InChI=1S/C22H29N3O4/c1-15(19-11-10-18(27-2)13-20(19)28-3)25-22(26)24-14-16-7-6-12-23-21(16)29-17-8-4-5-9-17/h6-7,10-13,15,17H,4-5,8-9,14H2,1-3H3,(H2,24,25,26). The van der Waals surface area contributed by atoms with Crippen molar-refractivity contribution >= 4 is 6.03 Å². The Labute approximate surface area is 171 Å². The van der Waals surface area contributed by atoms with Crippen LogP contribution in [0, 0.1) is 0 Å². The molecule has 1 aliphatic rings. The first-order valence-corrected chi connectivity index (χ1v) is 9.97. The van der Waals surface area contributed by atoms with E-state index >= 15 is 0 Å². The SMILES string of the molecule is COc1ccc(C(C)NC(=O)NCc2cccnc2OC2CCCC2)c(OC)c1. The van der Waals surface area contributed by atoms with Crippen LogP contribution >= 0.6 is 0 Å². The maximum Gasteiger partial charge on any atom is 0.315 e. The third-order valence-electron chi connectivity index (χ3n) is 5.12. The van der Waals surface area contributed by atoms with Gasteiger partial charge >= 0.3 is 6.03 Å². The molecule has 0 bridgehead atoms. The number of amides is 2. The Hall–Kier alpha value is -2.96. The lowest BCUT2D eigenvalue weighted by molar-refractivity contribution is 0.198. The van der Waals surface area contributed by atoms with Crippen molar-refractivity contribution in [3.63, 3.8) is 0 Å². The van der Waals surface area contributed by atoms with Gasteiger partial charge in [0.05, 0.1) is 20.3 Å². The van der Waals surface area contributed by atoms with E-state index in [1.807, 2.05) is 31.2 Å². The van der Waals surface area contributed by atoms with Crippen molar-refractivity contribution in [1.29, 1.82) is 0 Å². The minimum atomic E-state index is -0.272. The minimum Gasteiger partial charge on any atom is -0.497 e. The molecular formula is C22H29N3O4. The smallest absolute Gasteiger partial charge is 0.315 e. The van der Waals surface area contributed by atoms with E-state index in [2.05, 4.69) is 15.6 Å². The number of hydrogen-bond acceptors (Lipinski definition) is 5. The number of methoxy groups -OCH3 is 2. The molecule has 1 heterocycles. The molecule has 0 spiro atoms. The number of rotatable bonds is 8. The Morgan fingerprint density at radius 2 is 2.00 bits per heavy atom. The van der Waals surface area contributed by atoms with Gasteiger partial charge in [-0.25, -0.2) is 9.78 Å². The lowest BCUT2D eigenvalue weighted by Gasteiger charge is -2.19. The van der Waals surface area contributed by atoms with E-state index in [4.69, 9.17) is 14.2 Å². The van der Waals surface area contributed by atoms with Gasteiger partial charge < -0.3 is 24.8 Å². The minimum absolute atomic E-state index is 0.222. The molecule has 7 nitrogen and oxygen atoms in total. The Balaban J connectivity index is 1.57. The molecule has 1 unspecified atom stereocenters. The highest BCUT2D eigenvalue weighted by molar-refractivity contribution is 5.74. The number of pyridine rings is 1. The van der Waals surface area contributed by atoms with Crippen LogP contribution in [0.3, 0.4) is 0 Å². The van der Waals surface area contributed by atoms with Crippen molar-refractivity contribution in [2.45, 2.75) is 51.3 Å². The lowest BCUT2D eigenvalue weighted by Crippen LogP contribution is -2.36. The summed E-state index contributed by atoms with van der Waals surface area (Å²) in [6, 6.07) is 8.79. The normalized spacial score (nSPS) is 14.9. The highest BCUT2D eigenvalue weighted by Gasteiger charge is 2.19. The molecule has 1 aliphatic carbocycles. The molecule has 0 saturated heterocycles. The molecule has 1 fully saturated rings. The van der Waals surface area contributed by atoms with Crippen molar-refractivity contribution in [3.05, 3.63) is 47.7 Å². The monoisotopic (exact) mass is 399 g/mol. The second-order valence-corrected chi connectivity index (χ2v) is 7.15. The van der Waals surface area contributed by atoms with Gasteiger partial charge in [0.1, 0.15) is 17.6 Å². The number of ether oxygens (including phenoxy) is 3. The van der Waals surface area contributed by atoms with Crippen molar-refractivity contribution in [3.8, 4) is 17.4 Å². The molecule has 2 amide bonds. The van der Waals surface area contributed by atoms with E-state index in [1.165, 1.54) is 12.8 Å². The topological polar surface area (TPSA) is 81.7 Å². The number of aromatic nitrogens is 1. The van der Waals surface area contributed by atoms with Crippen molar-refractivity contribution in [2.24, 2.45) is 0 Å². The molecule has 1 atom stereocenters. The number of nitrogens with one attached hydrogen (secondary N) is 2. The van der Waals surface area contributed by atoms with Crippen LogP contribution in [0.1, 0.15) is 49.8 Å². The number of hydrogen-bond donors (Lipinski definition) is 2. The molecule has 156 valence electrons. The van der Waals surface area contributed by atoms with Gasteiger partial charge in [-0.2, -0.15) is 0 Å². The summed E-state index contributed by atoms with van der Waals surface area (Å²) in [5.74, 6) is 1.97. The molecule has 2 aromatic rings. The summed E-state index contributed by atoms with van der Waals surface area (Å²) in [5.41, 5.74) is 1.74. The van der Waals surface area contributed by atoms with Crippen LogP contribution in [0.25, 0.3) is 0 Å². The molecule has 3 rings (SSSR count). The molecule has 1 aromatic carbocycles. The maximum absolute atomic E-state index is 12.4. The van der Waals surface area contributed by atoms with E-state index < -0.39 is 0 Å². The summed E-state index contributed by atoms with van der Waals surface area (Å²) >= 11 is 0. The predicted octanol–water partition coefficient (Wildman–Crippen LogP) is 3.98.